The van der Waals surface area contributed by atoms with E-state index in [2.05, 4.69) is 9.73 Å². The minimum atomic E-state index is -0.540. The zero-order valence-corrected chi connectivity index (χ0v) is 10.6. The van der Waals surface area contributed by atoms with Crippen molar-refractivity contribution in [2.75, 3.05) is 7.11 Å². The molecule has 0 aliphatic carbocycles. The lowest BCUT2D eigenvalue weighted by Crippen LogP contribution is -1.98. The van der Waals surface area contributed by atoms with Crippen LogP contribution >= 0.6 is 11.8 Å². The van der Waals surface area contributed by atoms with E-state index in [1.807, 2.05) is 30.3 Å². The molecule has 0 spiro atoms. The Morgan fingerprint density at radius 3 is 2.78 bits per heavy atom. The highest BCUT2D eigenvalue weighted by Gasteiger charge is 2.22. The number of amides is 1. The maximum Gasteiger partial charge on any atom is 0.331 e. The highest BCUT2D eigenvalue weighted by molar-refractivity contribution is 8.18. The van der Waals surface area contributed by atoms with E-state index in [9.17, 15) is 9.59 Å². The average Bonchev–Trinajstić information content (AvgIpc) is 2.70. The van der Waals surface area contributed by atoms with Crippen LogP contribution in [0.25, 0.3) is 0 Å². The zero-order valence-electron chi connectivity index (χ0n) is 9.75. The van der Waals surface area contributed by atoms with Gasteiger partial charge in [0.2, 0.25) is 0 Å². The number of aliphatic imine (C=N–C) groups is 1. The van der Waals surface area contributed by atoms with Gasteiger partial charge in [0.1, 0.15) is 0 Å². The van der Waals surface area contributed by atoms with Crippen molar-refractivity contribution in [1.29, 1.82) is 0 Å². The second-order valence-electron chi connectivity index (χ2n) is 3.61. The second-order valence-corrected chi connectivity index (χ2v) is 4.72. The van der Waals surface area contributed by atoms with Gasteiger partial charge < -0.3 is 4.74 Å². The van der Waals surface area contributed by atoms with Crippen molar-refractivity contribution in [3.63, 3.8) is 0 Å². The summed E-state index contributed by atoms with van der Waals surface area (Å²) in [5.41, 5.74) is 1.08. The van der Waals surface area contributed by atoms with E-state index in [4.69, 9.17) is 0 Å². The van der Waals surface area contributed by atoms with Gasteiger partial charge in [0.25, 0.3) is 5.91 Å². The summed E-state index contributed by atoms with van der Waals surface area (Å²) in [7, 11) is 1.27. The molecule has 0 fully saturated rings. The van der Waals surface area contributed by atoms with Gasteiger partial charge >= 0.3 is 5.97 Å². The van der Waals surface area contributed by atoms with Crippen LogP contribution in [0, 0.1) is 0 Å². The number of methoxy groups -OCH3 is 1. The van der Waals surface area contributed by atoms with Gasteiger partial charge in [-0.25, -0.2) is 9.79 Å². The fraction of sp³-hybridized carbons (Fsp3) is 0.154. The number of carbonyl (C=O) groups excluding carboxylic acids is 2. The molecule has 0 N–H and O–H groups in total. The van der Waals surface area contributed by atoms with E-state index in [0.717, 1.165) is 5.56 Å². The molecule has 0 unspecified atom stereocenters. The summed E-state index contributed by atoms with van der Waals surface area (Å²) in [4.78, 5) is 26.8. The van der Waals surface area contributed by atoms with Gasteiger partial charge in [-0.2, -0.15) is 0 Å². The van der Waals surface area contributed by atoms with E-state index in [-0.39, 0.29) is 5.91 Å². The second kappa shape index (κ2) is 5.64. The number of carbonyl (C=O) groups is 2. The number of thioether (sulfide) groups is 1. The number of nitrogens with zero attached hydrogens (tertiary/aromatic N) is 1. The fourth-order valence-corrected chi connectivity index (χ4v) is 2.37. The number of hydrogen-bond donors (Lipinski definition) is 0. The molecule has 0 saturated heterocycles. The van der Waals surface area contributed by atoms with Crippen molar-refractivity contribution < 1.29 is 14.3 Å². The number of esters is 1. The van der Waals surface area contributed by atoms with Gasteiger partial charge in [-0.1, -0.05) is 42.1 Å². The third-order valence-corrected chi connectivity index (χ3v) is 3.30. The molecule has 18 heavy (non-hydrogen) atoms. The summed E-state index contributed by atoms with van der Waals surface area (Å²) < 4.78 is 4.48. The molecule has 1 aliphatic rings. The topological polar surface area (TPSA) is 55.7 Å². The predicted molar refractivity (Wildman–Crippen MR) is 70.3 cm³/mol. The van der Waals surface area contributed by atoms with E-state index in [0.29, 0.717) is 16.4 Å². The molecule has 0 saturated carbocycles. The molecule has 1 amide bonds. The monoisotopic (exact) mass is 261 g/mol. The Labute approximate surface area is 109 Å². The first-order valence-corrected chi connectivity index (χ1v) is 6.14. The molecule has 0 radical (unpaired) electrons. The summed E-state index contributed by atoms with van der Waals surface area (Å²) in [6.07, 6.45) is 1.77. The lowest BCUT2D eigenvalue weighted by molar-refractivity contribution is -0.135. The SMILES string of the molecule is COC(=O)/C=C1/SC(Cc2ccccc2)=NC1=O. The minimum Gasteiger partial charge on any atom is -0.466 e. The van der Waals surface area contributed by atoms with Crippen LogP contribution in [0.1, 0.15) is 5.56 Å². The first kappa shape index (κ1) is 12.6. The van der Waals surface area contributed by atoms with Crippen molar-refractivity contribution in [3.8, 4) is 0 Å². The fourth-order valence-electron chi connectivity index (χ4n) is 1.47. The Kier molecular flexibility index (Phi) is 3.94. The Balaban J connectivity index is 2.06. The van der Waals surface area contributed by atoms with E-state index < -0.39 is 5.97 Å². The standard InChI is InChI=1S/C13H11NO3S/c1-17-12(15)8-10-13(16)14-11(18-10)7-9-5-3-2-4-6-9/h2-6,8H,7H2,1H3/b10-8+. The molecule has 0 aromatic heterocycles. The van der Waals surface area contributed by atoms with Crippen LogP contribution < -0.4 is 0 Å². The Hall–Kier alpha value is -1.88. The number of hydrogen-bond acceptors (Lipinski definition) is 4. The van der Waals surface area contributed by atoms with Gasteiger partial charge in [0, 0.05) is 12.5 Å². The minimum absolute atomic E-state index is 0.313. The summed E-state index contributed by atoms with van der Waals surface area (Å²) in [5, 5.41) is 0.696. The first-order valence-electron chi connectivity index (χ1n) is 5.32. The van der Waals surface area contributed by atoms with Crippen molar-refractivity contribution in [2.45, 2.75) is 6.42 Å². The lowest BCUT2D eigenvalue weighted by atomic mass is 10.2. The quantitative estimate of drug-likeness (QED) is 0.616. The highest BCUT2D eigenvalue weighted by atomic mass is 32.2. The number of benzene rings is 1. The van der Waals surface area contributed by atoms with Gasteiger partial charge in [0.15, 0.2) is 0 Å². The van der Waals surface area contributed by atoms with E-state index in [1.165, 1.54) is 24.9 Å². The molecule has 5 heteroatoms. The summed E-state index contributed by atoms with van der Waals surface area (Å²) >= 11 is 1.22. The smallest absolute Gasteiger partial charge is 0.331 e. The summed E-state index contributed by atoms with van der Waals surface area (Å²) in [6.45, 7) is 0. The molecule has 1 aromatic carbocycles. The summed E-state index contributed by atoms with van der Waals surface area (Å²) in [5.74, 6) is -0.918. The van der Waals surface area contributed by atoms with E-state index >= 15 is 0 Å². The highest BCUT2D eigenvalue weighted by Crippen LogP contribution is 2.28. The normalized spacial score (nSPS) is 16.8. The van der Waals surface area contributed by atoms with Crippen LogP contribution in [-0.2, 0) is 20.7 Å². The van der Waals surface area contributed by atoms with Gasteiger partial charge in [-0.15, -0.1) is 0 Å². The van der Waals surface area contributed by atoms with E-state index in [1.54, 1.807) is 0 Å². The van der Waals surface area contributed by atoms with Crippen LogP contribution in [-0.4, -0.2) is 24.0 Å². The predicted octanol–water partition coefficient (Wildman–Crippen LogP) is 1.96. The van der Waals surface area contributed by atoms with Gasteiger partial charge in [-0.3, -0.25) is 4.79 Å². The third kappa shape index (κ3) is 3.07. The molecule has 0 bridgehead atoms. The lowest BCUT2D eigenvalue weighted by Gasteiger charge is -1.98. The molecule has 4 nitrogen and oxygen atoms in total. The first-order chi connectivity index (χ1) is 8.69. The Bertz CT molecular complexity index is 534. The van der Waals surface area contributed by atoms with Gasteiger partial charge in [0.05, 0.1) is 17.1 Å². The Morgan fingerprint density at radius 2 is 2.11 bits per heavy atom. The van der Waals surface area contributed by atoms with Crippen molar-refractivity contribution >= 4 is 28.7 Å². The molecular weight excluding hydrogens is 250 g/mol. The van der Waals surface area contributed by atoms with Crippen LogP contribution in [0.15, 0.2) is 46.3 Å². The largest absolute Gasteiger partial charge is 0.466 e. The van der Waals surface area contributed by atoms with Crippen molar-refractivity contribution in [2.24, 2.45) is 4.99 Å². The van der Waals surface area contributed by atoms with Crippen LogP contribution in [0.3, 0.4) is 0 Å². The molecule has 2 rings (SSSR count). The molecular formula is C13H11NO3S. The van der Waals surface area contributed by atoms with Crippen LogP contribution in [0.2, 0.25) is 0 Å². The molecule has 1 heterocycles. The maximum atomic E-state index is 11.5. The Morgan fingerprint density at radius 1 is 1.39 bits per heavy atom. The molecule has 1 aromatic rings. The molecule has 0 atom stereocenters. The number of rotatable bonds is 3. The average molecular weight is 261 g/mol. The zero-order chi connectivity index (χ0) is 13.0. The van der Waals surface area contributed by atoms with Crippen molar-refractivity contribution in [3.05, 3.63) is 46.9 Å². The molecule has 1 aliphatic heterocycles. The van der Waals surface area contributed by atoms with Gasteiger partial charge in [-0.05, 0) is 5.56 Å². The number of ether oxygens (including phenoxy) is 1. The third-order valence-electron chi connectivity index (χ3n) is 2.31. The maximum absolute atomic E-state index is 11.5. The van der Waals surface area contributed by atoms with Crippen molar-refractivity contribution in [1.82, 2.24) is 0 Å². The van der Waals surface area contributed by atoms with Crippen LogP contribution in [0.4, 0.5) is 0 Å². The van der Waals surface area contributed by atoms with Crippen LogP contribution in [0.5, 0.6) is 0 Å². The summed E-state index contributed by atoms with van der Waals surface area (Å²) in [6, 6.07) is 9.73. The molecule has 92 valence electrons.